The van der Waals surface area contributed by atoms with Gasteiger partial charge >= 0.3 is 0 Å². The predicted octanol–water partition coefficient (Wildman–Crippen LogP) is 2.87. The second-order valence-corrected chi connectivity index (χ2v) is 7.42. The van der Waals surface area contributed by atoms with Crippen molar-refractivity contribution in [1.82, 2.24) is 5.32 Å². The van der Waals surface area contributed by atoms with Gasteiger partial charge in [-0.3, -0.25) is 14.5 Å². The molecule has 0 aliphatic carbocycles. The smallest absolute Gasteiger partial charge is 0.294 e. The van der Waals surface area contributed by atoms with Crippen LogP contribution in [0.3, 0.4) is 0 Å². The molecule has 1 aromatic heterocycles. The Labute approximate surface area is 156 Å². The van der Waals surface area contributed by atoms with Crippen molar-refractivity contribution in [2.75, 3.05) is 23.7 Å². The second kappa shape index (κ2) is 7.61. The molecular weight excluding hydrogens is 350 g/mol. The first kappa shape index (κ1) is 18.0. The molecule has 2 heterocycles. The second-order valence-electron chi connectivity index (χ2n) is 6.44. The SMILES string of the molecule is CC(C)CNC(=O)CN1C(=O)/C(=C\c2cccs2)Oc2ccc(N)cc21. The molecule has 26 heavy (non-hydrogen) atoms. The third kappa shape index (κ3) is 4.05. The normalized spacial score (nSPS) is 15.1. The Balaban J connectivity index is 1.91. The molecule has 1 aromatic carbocycles. The minimum absolute atomic E-state index is 0.0901. The average molecular weight is 371 g/mol. The van der Waals surface area contributed by atoms with Crippen LogP contribution in [0.4, 0.5) is 11.4 Å². The van der Waals surface area contributed by atoms with Crippen LogP contribution < -0.4 is 20.7 Å². The lowest BCUT2D eigenvalue weighted by Gasteiger charge is -2.30. The Morgan fingerprint density at radius 2 is 2.19 bits per heavy atom. The first-order chi connectivity index (χ1) is 12.4. The molecule has 0 unspecified atom stereocenters. The molecule has 0 saturated carbocycles. The summed E-state index contributed by atoms with van der Waals surface area (Å²) in [5.74, 6) is 0.421. The summed E-state index contributed by atoms with van der Waals surface area (Å²) in [6, 6.07) is 8.85. The van der Waals surface area contributed by atoms with Crippen LogP contribution in [0.1, 0.15) is 18.7 Å². The van der Waals surface area contributed by atoms with Gasteiger partial charge in [0.05, 0.1) is 5.69 Å². The number of nitrogens with two attached hydrogens (primary N) is 1. The molecule has 3 rings (SSSR count). The van der Waals surface area contributed by atoms with E-state index in [0.717, 1.165) is 4.88 Å². The number of anilines is 2. The third-order valence-electron chi connectivity index (χ3n) is 3.78. The van der Waals surface area contributed by atoms with E-state index in [9.17, 15) is 9.59 Å². The molecule has 0 saturated heterocycles. The molecule has 3 N–H and O–H groups in total. The van der Waals surface area contributed by atoms with E-state index in [1.807, 2.05) is 31.4 Å². The number of thiophene rings is 1. The highest BCUT2D eigenvalue weighted by atomic mass is 32.1. The van der Waals surface area contributed by atoms with Crippen molar-refractivity contribution in [2.45, 2.75) is 13.8 Å². The maximum absolute atomic E-state index is 12.9. The maximum atomic E-state index is 12.9. The summed E-state index contributed by atoms with van der Waals surface area (Å²) < 4.78 is 5.77. The molecule has 136 valence electrons. The Morgan fingerprint density at radius 1 is 1.38 bits per heavy atom. The Kier molecular flexibility index (Phi) is 5.27. The van der Waals surface area contributed by atoms with Crippen LogP contribution in [-0.2, 0) is 9.59 Å². The molecule has 1 aliphatic rings. The van der Waals surface area contributed by atoms with E-state index in [2.05, 4.69) is 5.32 Å². The van der Waals surface area contributed by atoms with E-state index >= 15 is 0 Å². The zero-order valence-corrected chi connectivity index (χ0v) is 15.5. The van der Waals surface area contributed by atoms with Crippen LogP contribution >= 0.6 is 11.3 Å². The number of hydrogen-bond donors (Lipinski definition) is 2. The van der Waals surface area contributed by atoms with Gasteiger partial charge in [0.25, 0.3) is 5.91 Å². The number of ether oxygens (including phenoxy) is 1. The first-order valence-corrected chi connectivity index (χ1v) is 9.23. The fraction of sp³-hybridized carbons (Fsp3) is 0.263. The summed E-state index contributed by atoms with van der Waals surface area (Å²) in [6.07, 6.45) is 1.69. The van der Waals surface area contributed by atoms with Crippen molar-refractivity contribution in [3.05, 3.63) is 46.3 Å². The van der Waals surface area contributed by atoms with Crippen molar-refractivity contribution in [3.63, 3.8) is 0 Å². The van der Waals surface area contributed by atoms with E-state index in [-0.39, 0.29) is 24.1 Å². The molecule has 0 radical (unpaired) electrons. The number of nitrogen functional groups attached to an aromatic ring is 1. The summed E-state index contributed by atoms with van der Waals surface area (Å²) >= 11 is 1.50. The van der Waals surface area contributed by atoms with Crippen molar-refractivity contribution in [1.29, 1.82) is 0 Å². The monoisotopic (exact) mass is 371 g/mol. The van der Waals surface area contributed by atoms with Crippen LogP contribution in [0.2, 0.25) is 0 Å². The molecule has 0 fully saturated rings. The molecule has 0 spiro atoms. The van der Waals surface area contributed by atoms with Gasteiger partial charge < -0.3 is 15.8 Å². The Hall–Kier alpha value is -2.80. The molecule has 2 amide bonds. The highest BCUT2D eigenvalue weighted by Crippen LogP contribution is 2.37. The van der Waals surface area contributed by atoms with Crippen LogP contribution in [0, 0.1) is 5.92 Å². The summed E-state index contributed by atoms with van der Waals surface area (Å²) in [6.45, 7) is 4.49. The highest BCUT2D eigenvalue weighted by molar-refractivity contribution is 7.10. The van der Waals surface area contributed by atoms with Crippen molar-refractivity contribution in [3.8, 4) is 5.75 Å². The average Bonchev–Trinajstić information content (AvgIpc) is 3.10. The van der Waals surface area contributed by atoms with E-state index in [0.29, 0.717) is 29.6 Å². The molecule has 1 aliphatic heterocycles. The molecule has 2 aromatic rings. The standard InChI is InChI=1S/C19H21N3O3S/c1-12(2)10-21-18(23)11-22-15-8-13(20)5-6-16(15)25-17(19(22)24)9-14-4-3-7-26-14/h3-9,12H,10-11,20H2,1-2H3,(H,21,23)/b17-9+. The summed E-state index contributed by atoms with van der Waals surface area (Å²) in [4.78, 5) is 27.5. The van der Waals surface area contributed by atoms with Gasteiger partial charge in [0.15, 0.2) is 11.5 Å². The molecule has 0 atom stereocenters. The zero-order valence-electron chi connectivity index (χ0n) is 14.7. The molecule has 6 nitrogen and oxygen atoms in total. The van der Waals surface area contributed by atoms with Crippen molar-refractivity contribution in [2.24, 2.45) is 5.92 Å². The number of amides is 2. The minimum atomic E-state index is -0.365. The van der Waals surface area contributed by atoms with Crippen LogP contribution in [-0.4, -0.2) is 24.9 Å². The molecule has 7 heteroatoms. The summed E-state index contributed by atoms with van der Waals surface area (Å²) in [5, 5.41) is 4.76. The van der Waals surface area contributed by atoms with Crippen LogP contribution in [0.15, 0.2) is 41.5 Å². The number of nitrogens with zero attached hydrogens (tertiary/aromatic N) is 1. The van der Waals surface area contributed by atoms with E-state index in [4.69, 9.17) is 10.5 Å². The number of hydrogen-bond acceptors (Lipinski definition) is 5. The van der Waals surface area contributed by atoms with Gasteiger partial charge in [0, 0.05) is 23.2 Å². The Bertz CT molecular complexity index is 844. The molecule has 0 bridgehead atoms. The lowest BCUT2D eigenvalue weighted by atomic mass is 10.1. The summed E-state index contributed by atoms with van der Waals surface area (Å²) in [7, 11) is 0. The van der Waals surface area contributed by atoms with Crippen molar-refractivity contribution >= 4 is 40.6 Å². The van der Waals surface area contributed by atoms with Gasteiger partial charge in [-0.15, -0.1) is 11.3 Å². The first-order valence-electron chi connectivity index (χ1n) is 8.35. The quantitative estimate of drug-likeness (QED) is 0.625. The van der Waals surface area contributed by atoms with Gasteiger partial charge in [-0.2, -0.15) is 0 Å². The van der Waals surface area contributed by atoms with Gasteiger partial charge in [0.2, 0.25) is 5.91 Å². The van der Waals surface area contributed by atoms with Gasteiger partial charge in [0.1, 0.15) is 6.54 Å². The molecular formula is C19H21N3O3S. The highest BCUT2D eigenvalue weighted by Gasteiger charge is 2.32. The zero-order chi connectivity index (χ0) is 18.7. The number of carbonyl (C=O) groups is 2. The van der Waals surface area contributed by atoms with Crippen LogP contribution in [0.25, 0.3) is 6.08 Å². The van der Waals surface area contributed by atoms with Crippen molar-refractivity contribution < 1.29 is 14.3 Å². The predicted molar refractivity (Wildman–Crippen MR) is 104 cm³/mol. The fourth-order valence-electron chi connectivity index (χ4n) is 2.50. The van der Waals surface area contributed by atoms with E-state index < -0.39 is 0 Å². The van der Waals surface area contributed by atoms with E-state index in [1.54, 1.807) is 24.3 Å². The number of fused-ring (bicyclic) bond motifs is 1. The number of nitrogens with one attached hydrogen (secondary N) is 1. The van der Waals surface area contributed by atoms with Gasteiger partial charge in [-0.25, -0.2) is 0 Å². The van der Waals surface area contributed by atoms with E-state index in [1.165, 1.54) is 16.2 Å². The Morgan fingerprint density at radius 3 is 2.88 bits per heavy atom. The van der Waals surface area contributed by atoms with Gasteiger partial charge in [-0.05, 0) is 35.6 Å². The minimum Gasteiger partial charge on any atom is -0.449 e. The maximum Gasteiger partial charge on any atom is 0.294 e. The lowest BCUT2D eigenvalue weighted by Crippen LogP contribution is -2.44. The fourth-order valence-corrected chi connectivity index (χ4v) is 3.15. The third-order valence-corrected chi connectivity index (χ3v) is 4.59. The van der Waals surface area contributed by atoms with Gasteiger partial charge in [-0.1, -0.05) is 19.9 Å². The number of benzene rings is 1. The largest absolute Gasteiger partial charge is 0.449 e. The number of rotatable bonds is 5. The topological polar surface area (TPSA) is 84.7 Å². The number of carbonyl (C=O) groups excluding carboxylic acids is 2. The van der Waals surface area contributed by atoms with Crippen LogP contribution in [0.5, 0.6) is 5.75 Å². The summed E-state index contributed by atoms with van der Waals surface area (Å²) in [5.41, 5.74) is 6.85. The lowest BCUT2D eigenvalue weighted by molar-refractivity contribution is -0.123.